The van der Waals surface area contributed by atoms with Crippen LogP contribution in [0.2, 0.25) is 0 Å². The predicted molar refractivity (Wildman–Crippen MR) is 78.5 cm³/mol. The second kappa shape index (κ2) is 6.31. The molecule has 23 heavy (non-hydrogen) atoms. The number of halogens is 3. The minimum atomic E-state index is -4.87. The second-order valence-electron chi connectivity index (χ2n) is 4.74. The van der Waals surface area contributed by atoms with Gasteiger partial charge in [-0.1, -0.05) is 6.07 Å². The van der Waals surface area contributed by atoms with E-state index in [1.807, 2.05) is 0 Å². The van der Waals surface area contributed by atoms with Crippen molar-refractivity contribution in [2.75, 3.05) is 13.1 Å². The van der Waals surface area contributed by atoms with Gasteiger partial charge in [-0.25, -0.2) is 0 Å². The van der Waals surface area contributed by atoms with Crippen LogP contribution in [0, 0.1) is 0 Å². The highest BCUT2D eigenvalue weighted by Gasteiger charge is 2.32. The largest absolute Gasteiger partial charge is 0.573 e. The number of pyridine rings is 1. The Morgan fingerprint density at radius 3 is 2.48 bits per heavy atom. The summed E-state index contributed by atoms with van der Waals surface area (Å²) in [7, 11) is 0. The number of aromatic nitrogens is 1. The van der Waals surface area contributed by atoms with E-state index in [0.29, 0.717) is 13.1 Å². The van der Waals surface area contributed by atoms with Crippen LogP contribution in [0.4, 0.5) is 13.2 Å². The molecule has 0 unspecified atom stereocenters. The number of hydrogen-bond donors (Lipinski definition) is 1. The third-order valence-corrected chi connectivity index (χ3v) is 3.38. The number of carbonyl (C=O) groups is 1. The minimum absolute atomic E-state index is 0.0373. The number of nitrogens with zero attached hydrogens (tertiary/aromatic N) is 1. The summed E-state index contributed by atoms with van der Waals surface area (Å²) in [6.45, 7) is 4.38. The van der Waals surface area contributed by atoms with Gasteiger partial charge in [-0.2, -0.15) is 0 Å². The lowest BCUT2D eigenvalue weighted by Gasteiger charge is -2.18. The molecule has 0 spiro atoms. The fourth-order valence-corrected chi connectivity index (χ4v) is 2.27. The van der Waals surface area contributed by atoms with E-state index >= 15 is 0 Å². The highest BCUT2D eigenvalue weighted by atomic mass is 19.4. The summed E-state index contributed by atoms with van der Waals surface area (Å²) in [6, 6.07) is 3.71. The van der Waals surface area contributed by atoms with Crippen LogP contribution in [-0.4, -0.2) is 35.2 Å². The zero-order valence-corrected chi connectivity index (χ0v) is 12.5. The average Bonchev–Trinajstić information content (AvgIpc) is 2.48. The molecule has 0 saturated heterocycles. The Kier molecular flexibility index (Phi) is 4.63. The van der Waals surface area contributed by atoms with Crippen LogP contribution in [0.3, 0.4) is 0 Å². The van der Waals surface area contributed by atoms with Crippen molar-refractivity contribution in [2.24, 2.45) is 0 Å². The molecule has 124 valence electrons. The number of carbonyl (C=O) groups excluding carboxylic acids is 1. The zero-order chi connectivity index (χ0) is 17.2. The zero-order valence-electron chi connectivity index (χ0n) is 12.5. The standard InChI is InChI=1S/C15H15F3N2O3/c1-3-20(4-2)14(22)10-8-19-12-9(13(10)21)6-5-7-11(12)23-15(16,17)18/h5-8H,3-4H2,1-2H3,(H,19,21). The number of aromatic amines is 1. The molecule has 0 radical (unpaired) electrons. The molecule has 1 aromatic heterocycles. The maximum absolute atomic E-state index is 12.4. The Labute approximate surface area is 129 Å². The monoisotopic (exact) mass is 328 g/mol. The molecule has 5 nitrogen and oxygen atoms in total. The molecule has 0 saturated carbocycles. The summed E-state index contributed by atoms with van der Waals surface area (Å²) in [5.41, 5.74) is -0.862. The molecule has 0 bridgehead atoms. The van der Waals surface area contributed by atoms with Crippen molar-refractivity contribution < 1.29 is 22.7 Å². The lowest BCUT2D eigenvalue weighted by Crippen LogP contribution is -2.34. The number of para-hydroxylation sites is 1. The smallest absolute Gasteiger partial charge is 0.404 e. The maximum Gasteiger partial charge on any atom is 0.573 e. The molecule has 1 aromatic carbocycles. The molecule has 2 rings (SSSR count). The van der Waals surface area contributed by atoms with Crippen molar-refractivity contribution in [3.63, 3.8) is 0 Å². The summed E-state index contributed by atoms with van der Waals surface area (Å²) in [6.07, 6.45) is -3.75. The van der Waals surface area contributed by atoms with Gasteiger partial charge >= 0.3 is 6.36 Å². The summed E-state index contributed by atoms with van der Waals surface area (Å²) in [5.74, 6) is -0.991. The minimum Gasteiger partial charge on any atom is -0.404 e. The van der Waals surface area contributed by atoms with Gasteiger partial charge in [-0.3, -0.25) is 9.59 Å². The molecule has 0 aliphatic rings. The molecule has 1 N–H and O–H groups in total. The number of H-pyrrole nitrogens is 1. The predicted octanol–water partition coefficient (Wildman–Crippen LogP) is 2.91. The van der Waals surface area contributed by atoms with Crippen molar-refractivity contribution >= 4 is 16.8 Å². The first kappa shape index (κ1) is 16.9. The van der Waals surface area contributed by atoms with E-state index in [9.17, 15) is 22.8 Å². The lowest BCUT2D eigenvalue weighted by molar-refractivity contribution is -0.274. The van der Waals surface area contributed by atoms with E-state index < -0.39 is 23.4 Å². The van der Waals surface area contributed by atoms with Crippen molar-refractivity contribution in [2.45, 2.75) is 20.2 Å². The maximum atomic E-state index is 12.4. The Balaban J connectivity index is 2.57. The number of ether oxygens (including phenoxy) is 1. The van der Waals surface area contributed by atoms with E-state index in [2.05, 4.69) is 9.72 Å². The van der Waals surface area contributed by atoms with Crippen LogP contribution in [0.1, 0.15) is 24.2 Å². The van der Waals surface area contributed by atoms with Crippen LogP contribution in [0.25, 0.3) is 10.9 Å². The van der Waals surface area contributed by atoms with Gasteiger partial charge < -0.3 is 14.6 Å². The summed E-state index contributed by atoms with van der Waals surface area (Å²) in [5, 5.41) is -0.0373. The lowest BCUT2D eigenvalue weighted by atomic mass is 10.1. The second-order valence-corrected chi connectivity index (χ2v) is 4.74. The summed E-state index contributed by atoms with van der Waals surface area (Å²) >= 11 is 0. The molecule has 2 aromatic rings. The molecule has 0 aliphatic heterocycles. The normalized spacial score (nSPS) is 11.5. The number of hydrogen-bond acceptors (Lipinski definition) is 3. The van der Waals surface area contributed by atoms with Crippen molar-refractivity contribution in [1.82, 2.24) is 9.88 Å². The molecule has 8 heteroatoms. The Morgan fingerprint density at radius 1 is 1.26 bits per heavy atom. The fourth-order valence-electron chi connectivity index (χ4n) is 2.27. The molecule has 0 atom stereocenters. The van der Waals surface area contributed by atoms with Crippen LogP contribution >= 0.6 is 0 Å². The third kappa shape index (κ3) is 3.46. The molecule has 0 aliphatic carbocycles. The SMILES string of the molecule is CCN(CC)C(=O)c1c[nH]c2c(OC(F)(F)F)cccc2c1=O. The van der Waals surface area contributed by atoms with Gasteiger partial charge in [0.1, 0.15) is 5.56 Å². The summed E-state index contributed by atoms with van der Waals surface area (Å²) in [4.78, 5) is 28.7. The number of nitrogens with one attached hydrogen (secondary N) is 1. The van der Waals surface area contributed by atoms with Gasteiger partial charge in [0.25, 0.3) is 5.91 Å². The number of fused-ring (bicyclic) bond motifs is 1. The fraction of sp³-hybridized carbons (Fsp3) is 0.333. The van der Waals surface area contributed by atoms with Crippen LogP contribution in [0.15, 0.2) is 29.2 Å². The van der Waals surface area contributed by atoms with Gasteiger partial charge in [0, 0.05) is 19.3 Å². The first-order valence-electron chi connectivity index (χ1n) is 6.98. The van der Waals surface area contributed by atoms with Crippen LogP contribution < -0.4 is 10.2 Å². The number of amides is 1. The number of rotatable bonds is 4. The molecular weight excluding hydrogens is 313 g/mol. The van der Waals surface area contributed by atoms with Crippen LogP contribution in [-0.2, 0) is 0 Å². The van der Waals surface area contributed by atoms with Crippen molar-refractivity contribution in [1.29, 1.82) is 0 Å². The van der Waals surface area contributed by atoms with Gasteiger partial charge in [0.05, 0.1) is 10.9 Å². The quantitative estimate of drug-likeness (QED) is 0.939. The molecule has 0 fully saturated rings. The Hall–Kier alpha value is -2.51. The first-order chi connectivity index (χ1) is 10.8. The third-order valence-electron chi connectivity index (χ3n) is 3.38. The molecule has 1 heterocycles. The summed E-state index contributed by atoms with van der Waals surface area (Å²) < 4.78 is 41.1. The van der Waals surface area contributed by atoms with Crippen molar-refractivity contribution in [3.05, 3.63) is 40.2 Å². The van der Waals surface area contributed by atoms with E-state index in [4.69, 9.17) is 0 Å². The highest BCUT2D eigenvalue weighted by molar-refractivity contribution is 5.98. The van der Waals surface area contributed by atoms with Crippen molar-refractivity contribution in [3.8, 4) is 5.75 Å². The van der Waals surface area contributed by atoms with Gasteiger partial charge in [0.15, 0.2) is 5.75 Å². The van der Waals surface area contributed by atoms with Crippen LogP contribution in [0.5, 0.6) is 5.75 Å². The van der Waals surface area contributed by atoms with E-state index in [0.717, 1.165) is 12.3 Å². The topological polar surface area (TPSA) is 62.4 Å². The first-order valence-corrected chi connectivity index (χ1v) is 6.98. The molecular formula is C15H15F3N2O3. The van der Waals surface area contributed by atoms with E-state index in [1.54, 1.807) is 13.8 Å². The van der Waals surface area contributed by atoms with Gasteiger partial charge in [0.2, 0.25) is 5.43 Å². The Bertz CT molecular complexity index is 780. The number of benzene rings is 1. The average molecular weight is 328 g/mol. The highest BCUT2D eigenvalue weighted by Crippen LogP contribution is 2.28. The molecule has 1 amide bonds. The van der Waals surface area contributed by atoms with Gasteiger partial charge in [-0.05, 0) is 26.0 Å². The Morgan fingerprint density at radius 2 is 1.91 bits per heavy atom. The number of alkyl halides is 3. The van der Waals surface area contributed by atoms with E-state index in [1.165, 1.54) is 17.0 Å². The van der Waals surface area contributed by atoms with E-state index in [-0.39, 0.29) is 16.5 Å². The van der Waals surface area contributed by atoms with Gasteiger partial charge in [-0.15, -0.1) is 13.2 Å².